The van der Waals surface area contributed by atoms with Gasteiger partial charge in [0.25, 0.3) is 0 Å². The van der Waals surface area contributed by atoms with E-state index in [0.29, 0.717) is 12.0 Å². The summed E-state index contributed by atoms with van der Waals surface area (Å²) in [6.45, 7) is 10.2. The van der Waals surface area contributed by atoms with Crippen LogP contribution in [-0.2, 0) is 6.54 Å². The van der Waals surface area contributed by atoms with E-state index in [0.717, 1.165) is 36.6 Å². The van der Waals surface area contributed by atoms with Crippen LogP contribution in [0.1, 0.15) is 39.7 Å². The number of methoxy groups -OCH3 is 1. The van der Waals surface area contributed by atoms with Crippen LogP contribution in [0.5, 0.6) is 11.5 Å². The van der Waals surface area contributed by atoms with Crippen molar-refractivity contribution in [1.29, 1.82) is 0 Å². The van der Waals surface area contributed by atoms with E-state index in [1.807, 2.05) is 18.2 Å². The molecule has 0 saturated heterocycles. The van der Waals surface area contributed by atoms with Crippen LogP contribution in [0.25, 0.3) is 0 Å². The van der Waals surface area contributed by atoms with Gasteiger partial charge in [0.1, 0.15) is 11.5 Å². The van der Waals surface area contributed by atoms with Gasteiger partial charge in [0.15, 0.2) is 0 Å². The predicted molar refractivity (Wildman–Crippen MR) is 79.9 cm³/mol. The second kappa shape index (κ2) is 8.05. The highest BCUT2D eigenvalue weighted by Gasteiger charge is 2.08. The van der Waals surface area contributed by atoms with Crippen LogP contribution in [0.3, 0.4) is 0 Å². The van der Waals surface area contributed by atoms with E-state index in [1.165, 1.54) is 0 Å². The summed E-state index contributed by atoms with van der Waals surface area (Å²) < 4.78 is 11.2. The Labute approximate surface area is 117 Å². The third-order valence-corrected chi connectivity index (χ3v) is 3.19. The van der Waals surface area contributed by atoms with Crippen LogP contribution in [0.4, 0.5) is 0 Å². The summed E-state index contributed by atoms with van der Waals surface area (Å²) in [5, 5.41) is 3.42. The first-order valence-corrected chi connectivity index (χ1v) is 7.09. The molecule has 0 fully saturated rings. The zero-order chi connectivity index (χ0) is 14.3. The molecule has 0 aliphatic heterocycles. The van der Waals surface area contributed by atoms with Gasteiger partial charge in [0, 0.05) is 18.2 Å². The lowest BCUT2D eigenvalue weighted by atomic mass is 10.1. The Morgan fingerprint density at radius 1 is 1.21 bits per heavy atom. The largest absolute Gasteiger partial charge is 0.497 e. The molecule has 1 atom stereocenters. The molecule has 0 aliphatic rings. The number of rotatable bonds is 8. The van der Waals surface area contributed by atoms with Gasteiger partial charge in [-0.1, -0.05) is 34.1 Å². The molecule has 1 N–H and O–H groups in total. The van der Waals surface area contributed by atoms with Crippen LogP contribution in [0.15, 0.2) is 18.2 Å². The molecule has 1 rings (SSSR count). The average Bonchev–Trinajstić information content (AvgIpc) is 2.42. The fourth-order valence-electron chi connectivity index (χ4n) is 1.63. The summed E-state index contributed by atoms with van der Waals surface area (Å²) in [6, 6.07) is 6.44. The van der Waals surface area contributed by atoms with Crippen molar-refractivity contribution in [3.63, 3.8) is 0 Å². The molecule has 1 unspecified atom stereocenters. The first-order valence-electron chi connectivity index (χ1n) is 7.09. The summed E-state index contributed by atoms with van der Waals surface area (Å²) in [6.07, 6.45) is 1.13. The first-order chi connectivity index (χ1) is 9.06. The Balaban J connectivity index is 2.76. The highest BCUT2D eigenvalue weighted by Crippen LogP contribution is 2.25. The van der Waals surface area contributed by atoms with E-state index in [1.54, 1.807) is 7.11 Å². The van der Waals surface area contributed by atoms with Crippen molar-refractivity contribution in [3.8, 4) is 11.5 Å². The molecule has 19 heavy (non-hydrogen) atoms. The van der Waals surface area contributed by atoms with Crippen LogP contribution >= 0.6 is 0 Å². The fourth-order valence-corrected chi connectivity index (χ4v) is 1.63. The van der Waals surface area contributed by atoms with E-state index in [-0.39, 0.29) is 0 Å². The first kappa shape index (κ1) is 15.8. The molecule has 0 amide bonds. The van der Waals surface area contributed by atoms with E-state index >= 15 is 0 Å². The van der Waals surface area contributed by atoms with Crippen molar-refractivity contribution in [2.75, 3.05) is 13.7 Å². The van der Waals surface area contributed by atoms with Gasteiger partial charge in [0.2, 0.25) is 0 Å². The summed E-state index contributed by atoms with van der Waals surface area (Å²) in [5.74, 6) is 2.40. The molecule has 0 spiro atoms. The SMILES string of the molecule is CCC(C)COc1ccc(OC)cc1CNC(C)C. The van der Waals surface area contributed by atoms with E-state index < -0.39 is 0 Å². The minimum Gasteiger partial charge on any atom is -0.497 e. The lowest BCUT2D eigenvalue weighted by Crippen LogP contribution is -2.22. The monoisotopic (exact) mass is 265 g/mol. The smallest absolute Gasteiger partial charge is 0.124 e. The summed E-state index contributed by atoms with van der Waals surface area (Å²) >= 11 is 0. The van der Waals surface area contributed by atoms with Gasteiger partial charge in [-0.05, 0) is 24.1 Å². The van der Waals surface area contributed by atoms with E-state index in [4.69, 9.17) is 9.47 Å². The van der Waals surface area contributed by atoms with Crippen molar-refractivity contribution in [3.05, 3.63) is 23.8 Å². The maximum atomic E-state index is 5.93. The van der Waals surface area contributed by atoms with Crippen LogP contribution in [0.2, 0.25) is 0 Å². The summed E-state index contributed by atoms with van der Waals surface area (Å²) in [4.78, 5) is 0. The van der Waals surface area contributed by atoms with Crippen molar-refractivity contribution in [1.82, 2.24) is 5.32 Å². The molecule has 3 nitrogen and oxygen atoms in total. The van der Waals surface area contributed by atoms with Gasteiger partial charge >= 0.3 is 0 Å². The van der Waals surface area contributed by atoms with Crippen molar-refractivity contribution >= 4 is 0 Å². The third-order valence-electron chi connectivity index (χ3n) is 3.19. The van der Waals surface area contributed by atoms with Crippen molar-refractivity contribution < 1.29 is 9.47 Å². The Kier molecular flexibility index (Phi) is 6.71. The van der Waals surface area contributed by atoms with E-state index in [2.05, 4.69) is 33.0 Å². The highest BCUT2D eigenvalue weighted by atomic mass is 16.5. The topological polar surface area (TPSA) is 30.5 Å². The van der Waals surface area contributed by atoms with Gasteiger partial charge in [-0.3, -0.25) is 0 Å². The second-order valence-electron chi connectivity index (χ2n) is 5.33. The molecule has 0 aliphatic carbocycles. The lowest BCUT2D eigenvalue weighted by molar-refractivity contribution is 0.253. The lowest BCUT2D eigenvalue weighted by Gasteiger charge is -2.16. The predicted octanol–water partition coefficient (Wildman–Crippen LogP) is 3.62. The highest BCUT2D eigenvalue weighted by molar-refractivity contribution is 5.40. The minimum atomic E-state index is 0.452. The molecule has 3 heteroatoms. The zero-order valence-corrected chi connectivity index (χ0v) is 12.8. The molecular weight excluding hydrogens is 238 g/mol. The van der Waals surface area contributed by atoms with Gasteiger partial charge in [-0.15, -0.1) is 0 Å². The molecule has 0 heterocycles. The normalized spacial score (nSPS) is 12.5. The maximum absolute atomic E-state index is 5.93. The zero-order valence-electron chi connectivity index (χ0n) is 12.8. The number of benzene rings is 1. The van der Waals surface area contributed by atoms with Gasteiger partial charge in [0.05, 0.1) is 13.7 Å². The van der Waals surface area contributed by atoms with E-state index in [9.17, 15) is 0 Å². The van der Waals surface area contributed by atoms with Gasteiger partial charge < -0.3 is 14.8 Å². The maximum Gasteiger partial charge on any atom is 0.124 e. The fraction of sp³-hybridized carbons (Fsp3) is 0.625. The molecule has 0 bridgehead atoms. The molecule has 108 valence electrons. The Morgan fingerprint density at radius 2 is 1.95 bits per heavy atom. The molecule has 0 radical (unpaired) electrons. The summed E-state index contributed by atoms with van der Waals surface area (Å²) in [5.41, 5.74) is 1.15. The van der Waals surface area contributed by atoms with Crippen molar-refractivity contribution in [2.45, 2.75) is 46.7 Å². The number of hydrogen-bond donors (Lipinski definition) is 1. The van der Waals surface area contributed by atoms with Crippen LogP contribution in [-0.4, -0.2) is 19.8 Å². The molecule has 1 aromatic rings. The molecule has 1 aromatic carbocycles. The molecule has 0 saturated carbocycles. The van der Waals surface area contributed by atoms with Crippen LogP contribution < -0.4 is 14.8 Å². The number of ether oxygens (including phenoxy) is 2. The van der Waals surface area contributed by atoms with Gasteiger partial charge in [-0.2, -0.15) is 0 Å². The average molecular weight is 265 g/mol. The standard InChI is InChI=1S/C16H27NO2/c1-6-13(4)11-19-16-8-7-15(18-5)9-14(16)10-17-12(2)3/h7-9,12-13,17H,6,10-11H2,1-5H3. The quantitative estimate of drug-likeness (QED) is 0.778. The van der Waals surface area contributed by atoms with Crippen molar-refractivity contribution in [2.24, 2.45) is 5.92 Å². The number of nitrogens with one attached hydrogen (secondary N) is 1. The minimum absolute atomic E-state index is 0.452. The van der Waals surface area contributed by atoms with Gasteiger partial charge in [-0.25, -0.2) is 0 Å². The third kappa shape index (κ3) is 5.52. The number of hydrogen-bond acceptors (Lipinski definition) is 3. The Morgan fingerprint density at radius 3 is 2.53 bits per heavy atom. The van der Waals surface area contributed by atoms with Crippen LogP contribution in [0, 0.1) is 5.92 Å². The second-order valence-corrected chi connectivity index (χ2v) is 5.33. The summed E-state index contributed by atoms with van der Waals surface area (Å²) in [7, 11) is 1.69. The molecule has 0 aromatic heterocycles. The molecular formula is C16H27NO2. The Bertz CT molecular complexity index is 377. The Hall–Kier alpha value is -1.22.